The highest BCUT2D eigenvalue weighted by molar-refractivity contribution is 5.47. The van der Waals surface area contributed by atoms with Crippen LogP contribution in [-0.2, 0) is 4.74 Å². The van der Waals surface area contributed by atoms with E-state index in [0.29, 0.717) is 5.92 Å². The van der Waals surface area contributed by atoms with Gasteiger partial charge in [0.1, 0.15) is 11.4 Å². The first-order chi connectivity index (χ1) is 6.02. The van der Waals surface area contributed by atoms with Crippen LogP contribution in [0.5, 0.6) is 0 Å². The second-order valence-corrected chi connectivity index (χ2v) is 4.36. The lowest BCUT2D eigenvalue weighted by atomic mass is 9.88. The van der Waals surface area contributed by atoms with E-state index in [9.17, 15) is 0 Å². The number of fused-ring (bicyclic) bond motifs is 1. The summed E-state index contributed by atoms with van der Waals surface area (Å²) in [5.74, 6) is 1.57. The zero-order chi connectivity index (χ0) is 9.64. The van der Waals surface area contributed by atoms with Gasteiger partial charge in [-0.3, -0.25) is 0 Å². The number of hydrogen-bond acceptors (Lipinski definition) is 1. The first-order valence-electron chi connectivity index (χ1n) is 4.81. The molecule has 13 heavy (non-hydrogen) atoms. The Morgan fingerprint density at radius 1 is 1.38 bits per heavy atom. The summed E-state index contributed by atoms with van der Waals surface area (Å²) in [5, 5.41) is 0. The molecule has 0 fully saturated rings. The molecule has 1 heteroatoms. The van der Waals surface area contributed by atoms with E-state index in [2.05, 4.69) is 45.9 Å². The Morgan fingerprint density at radius 2 is 2.08 bits per heavy atom. The van der Waals surface area contributed by atoms with Crippen LogP contribution in [0.2, 0.25) is 0 Å². The van der Waals surface area contributed by atoms with Gasteiger partial charge < -0.3 is 4.74 Å². The minimum Gasteiger partial charge on any atom is -0.483 e. The molecule has 0 aromatic rings. The standard InChI is InChI=1S/C12H16O/c1-8-6-5-7-10-11(8)9(2)12(3,4)13-10/h5-8H,1-4H3. The van der Waals surface area contributed by atoms with E-state index in [0.717, 1.165) is 5.76 Å². The van der Waals surface area contributed by atoms with E-state index < -0.39 is 0 Å². The van der Waals surface area contributed by atoms with E-state index in [4.69, 9.17) is 4.74 Å². The predicted octanol–water partition coefficient (Wildman–Crippen LogP) is 3.20. The van der Waals surface area contributed by atoms with E-state index >= 15 is 0 Å². The summed E-state index contributed by atoms with van der Waals surface area (Å²) in [7, 11) is 0. The van der Waals surface area contributed by atoms with Gasteiger partial charge >= 0.3 is 0 Å². The number of ether oxygens (including phenoxy) is 1. The smallest absolute Gasteiger partial charge is 0.125 e. The average Bonchev–Trinajstić information content (AvgIpc) is 2.24. The molecule has 1 nitrogen and oxygen atoms in total. The van der Waals surface area contributed by atoms with Crippen LogP contribution in [0.4, 0.5) is 0 Å². The van der Waals surface area contributed by atoms with Crippen LogP contribution in [0.3, 0.4) is 0 Å². The number of hydrogen-bond donors (Lipinski definition) is 0. The average molecular weight is 176 g/mol. The molecule has 1 aliphatic heterocycles. The summed E-state index contributed by atoms with van der Waals surface area (Å²) in [6.07, 6.45) is 6.36. The van der Waals surface area contributed by atoms with Crippen molar-refractivity contribution >= 4 is 0 Å². The van der Waals surface area contributed by atoms with Crippen molar-refractivity contribution in [2.24, 2.45) is 5.92 Å². The van der Waals surface area contributed by atoms with E-state index in [1.165, 1.54) is 11.1 Å². The van der Waals surface area contributed by atoms with Gasteiger partial charge in [-0.25, -0.2) is 0 Å². The maximum atomic E-state index is 5.87. The Hall–Kier alpha value is -0.980. The zero-order valence-corrected chi connectivity index (χ0v) is 8.72. The molecule has 0 bridgehead atoms. The molecular formula is C12H16O. The van der Waals surface area contributed by atoms with Gasteiger partial charge in [0, 0.05) is 11.5 Å². The summed E-state index contributed by atoms with van der Waals surface area (Å²) >= 11 is 0. The minimum absolute atomic E-state index is 0.110. The van der Waals surface area contributed by atoms with Crippen LogP contribution in [-0.4, -0.2) is 5.60 Å². The maximum Gasteiger partial charge on any atom is 0.125 e. The summed E-state index contributed by atoms with van der Waals surface area (Å²) < 4.78 is 5.87. The van der Waals surface area contributed by atoms with Crippen LogP contribution < -0.4 is 0 Å². The maximum absolute atomic E-state index is 5.87. The Labute approximate surface area is 79.8 Å². The van der Waals surface area contributed by atoms with Crippen molar-refractivity contribution in [2.75, 3.05) is 0 Å². The summed E-state index contributed by atoms with van der Waals surface area (Å²) in [6.45, 7) is 8.64. The largest absolute Gasteiger partial charge is 0.483 e. The second kappa shape index (κ2) is 2.50. The van der Waals surface area contributed by atoms with E-state index in [1.807, 2.05) is 0 Å². The third-order valence-electron chi connectivity index (χ3n) is 3.04. The fourth-order valence-corrected chi connectivity index (χ4v) is 2.01. The van der Waals surface area contributed by atoms with Gasteiger partial charge in [-0.1, -0.05) is 19.1 Å². The van der Waals surface area contributed by atoms with Gasteiger partial charge in [0.15, 0.2) is 0 Å². The molecule has 1 aliphatic carbocycles. The third-order valence-corrected chi connectivity index (χ3v) is 3.04. The van der Waals surface area contributed by atoms with Crippen LogP contribution >= 0.6 is 0 Å². The Bertz CT molecular complexity index is 329. The highest BCUT2D eigenvalue weighted by Crippen LogP contribution is 2.42. The molecule has 1 atom stereocenters. The molecule has 0 amide bonds. The van der Waals surface area contributed by atoms with Crippen LogP contribution in [0.15, 0.2) is 35.1 Å². The molecule has 2 rings (SSSR count). The molecule has 70 valence electrons. The number of allylic oxidation sites excluding steroid dienone is 4. The van der Waals surface area contributed by atoms with Gasteiger partial charge in [-0.15, -0.1) is 0 Å². The fourth-order valence-electron chi connectivity index (χ4n) is 2.01. The molecule has 1 unspecified atom stereocenters. The predicted molar refractivity (Wildman–Crippen MR) is 54.3 cm³/mol. The Balaban J connectivity index is 2.52. The topological polar surface area (TPSA) is 9.23 Å². The lowest BCUT2D eigenvalue weighted by Gasteiger charge is -2.20. The molecule has 1 heterocycles. The highest BCUT2D eigenvalue weighted by atomic mass is 16.5. The van der Waals surface area contributed by atoms with Gasteiger partial charge in [0.2, 0.25) is 0 Å². The van der Waals surface area contributed by atoms with Gasteiger partial charge in [0.05, 0.1) is 0 Å². The monoisotopic (exact) mass is 176 g/mol. The summed E-state index contributed by atoms with van der Waals surface area (Å²) in [4.78, 5) is 0. The van der Waals surface area contributed by atoms with Gasteiger partial charge in [-0.05, 0) is 32.4 Å². The molecular weight excluding hydrogens is 160 g/mol. The fraction of sp³-hybridized carbons (Fsp3) is 0.500. The van der Waals surface area contributed by atoms with Crippen LogP contribution in [0, 0.1) is 5.92 Å². The van der Waals surface area contributed by atoms with Crippen molar-refractivity contribution in [1.29, 1.82) is 0 Å². The van der Waals surface area contributed by atoms with Gasteiger partial charge in [-0.2, -0.15) is 0 Å². The van der Waals surface area contributed by atoms with E-state index in [1.54, 1.807) is 0 Å². The quantitative estimate of drug-likeness (QED) is 0.550. The van der Waals surface area contributed by atoms with Crippen LogP contribution in [0.1, 0.15) is 27.7 Å². The van der Waals surface area contributed by atoms with Crippen molar-refractivity contribution in [3.8, 4) is 0 Å². The second-order valence-electron chi connectivity index (χ2n) is 4.36. The van der Waals surface area contributed by atoms with E-state index in [-0.39, 0.29) is 5.60 Å². The minimum atomic E-state index is -0.110. The molecule has 0 spiro atoms. The zero-order valence-electron chi connectivity index (χ0n) is 8.72. The lowest BCUT2D eigenvalue weighted by molar-refractivity contribution is 0.0927. The van der Waals surface area contributed by atoms with Crippen molar-refractivity contribution < 1.29 is 4.74 Å². The Kier molecular flexibility index (Phi) is 1.66. The van der Waals surface area contributed by atoms with Crippen molar-refractivity contribution in [3.05, 3.63) is 35.1 Å². The van der Waals surface area contributed by atoms with Crippen LogP contribution in [0.25, 0.3) is 0 Å². The third kappa shape index (κ3) is 1.14. The van der Waals surface area contributed by atoms with Gasteiger partial charge in [0.25, 0.3) is 0 Å². The lowest BCUT2D eigenvalue weighted by Crippen LogP contribution is -2.19. The molecule has 0 saturated carbocycles. The molecule has 0 saturated heterocycles. The molecule has 0 aromatic heterocycles. The first-order valence-corrected chi connectivity index (χ1v) is 4.81. The normalized spacial score (nSPS) is 29.8. The summed E-state index contributed by atoms with van der Waals surface area (Å²) in [5.41, 5.74) is 2.64. The SMILES string of the molecule is CC1=C2C(=CC=CC2C)OC1(C)C. The van der Waals surface area contributed by atoms with Crippen molar-refractivity contribution in [3.63, 3.8) is 0 Å². The highest BCUT2D eigenvalue weighted by Gasteiger charge is 2.36. The molecule has 0 radical (unpaired) electrons. The molecule has 2 aliphatic rings. The number of rotatable bonds is 0. The summed E-state index contributed by atoms with van der Waals surface area (Å²) in [6, 6.07) is 0. The molecule has 0 N–H and O–H groups in total. The molecule has 0 aromatic carbocycles. The van der Waals surface area contributed by atoms with Crippen molar-refractivity contribution in [2.45, 2.75) is 33.3 Å². The first kappa shape index (κ1) is 8.61. The Morgan fingerprint density at radius 3 is 2.69 bits per heavy atom. The van der Waals surface area contributed by atoms with Crippen molar-refractivity contribution in [1.82, 2.24) is 0 Å².